The lowest BCUT2D eigenvalue weighted by Gasteiger charge is -2.16. The molecule has 5 heteroatoms. The van der Waals surface area contributed by atoms with Gasteiger partial charge in [0.2, 0.25) is 5.91 Å². The molecule has 0 spiro atoms. The van der Waals surface area contributed by atoms with E-state index in [0.29, 0.717) is 23.8 Å². The molecule has 0 fully saturated rings. The highest BCUT2D eigenvalue weighted by Gasteiger charge is 2.10. The first-order valence-electron chi connectivity index (χ1n) is 8.95. The van der Waals surface area contributed by atoms with Gasteiger partial charge >= 0.3 is 5.97 Å². The van der Waals surface area contributed by atoms with Crippen molar-refractivity contribution in [2.24, 2.45) is 0 Å². The van der Waals surface area contributed by atoms with Gasteiger partial charge in [-0.15, -0.1) is 0 Å². The van der Waals surface area contributed by atoms with Crippen molar-refractivity contribution in [2.75, 3.05) is 23.8 Å². The summed E-state index contributed by atoms with van der Waals surface area (Å²) in [6.07, 6.45) is 1.04. The molecule has 0 aromatic heterocycles. The Morgan fingerprint density at radius 1 is 1.04 bits per heavy atom. The predicted octanol–water partition coefficient (Wildman–Crippen LogP) is 4.43. The van der Waals surface area contributed by atoms with Gasteiger partial charge in [-0.3, -0.25) is 4.79 Å². The zero-order valence-corrected chi connectivity index (χ0v) is 15.5. The second-order valence-corrected chi connectivity index (χ2v) is 6.10. The fourth-order valence-electron chi connectivity index (χ4n) is 2.59. The van der Waals surface area contributed by atoms with Gasteiger partial charge in [0.25, 0.3) is 0 Å². The largest absolute Gasteiger partial charge is 0.462 e. The molecule has 0 heterocycles. The Hall–Kier alpha value is -2.82. The number of esters is 1. The van der Waals surface area contributed by atoms with Crippen molar-refractivity contribution in [1.82, 2.24) is 0 Å². The Morgan fingerprint density at radius 3 is 2.38 bits per heavy atom. The van der Waals surface area contributed by atoms with Crippen LogP contribution in [-0.2, 0) is 9.53 Å². The van der Waals surface area contributed by atoms with Crippen molar-refractivity contribution in [3.63, 3.8) is 0 Å². The van der Waals surface area contributed by atoms with Crippen LogP contribution < -0.4 is 10.6 Å². The van der Waals surface area contributed by atoms with Crippen molar-refractivity contribution in [3.05, 3.63) is 59.7 Å². The summed E-state index contributed by atoms with van der Waals surface area (Å²) in [6, 6.07) is 14.7. The van der Waals surface area contributed by atoms with Crippen LogP contribution in [0.15, 0.2) is 48.5 Å². The lowest BCUT2D eigenvalue weighted by atomic mass is 9.97. The number of hydrogen-bond donors (Lipinski definition) is 2. The molecule has 0 radical (unpaired) electrons. The summed E-state index contributed by atoms with van der Waals surface area (Å²) in [4.78, 5) is 23.8. The highest BCUT2D eigenvalue weighted by molar-refractivity contribution is 5.95. The molecule has 2 aromatic rings. The summed E-state index contributed by atoms with van der Waals surface area (Å²) in [5.74, 6) is -0.0845. The topological polar surface area (TPSA) is 67.4 Å². The van der Waals surface area contributed by atoms with Crippen LogP contribution in [-0.4, -0.2) is 25.0 Å². The third kappa shape index (κ3) is 5.34. The molecule has 2 N–H and O–H groups in total. The van der Waals surface area contributed by atoms with Crippen LogP contribution in [0.25, 0.3) is 0 Å². The summed E-state index contributed by atoms with van der Waals surface area (Å²) in [5.41, 5.74) is 3.29. The lowest BCUT2D eigenvalue weighted by Crippen LogP contribution is -2.22. The van der Waals surface area contributed by atoms with Crippen molar-refractivity contribution in [3.8, 4) is 0 Å². The maximum absolute atomic E-state index is 12.2. The number of ether oxygens (including phenoxy) is 1. The Balaban J connectivity index is 1.92. The third-order valence-corrected chi connectivity index (χ3v) is 4.22. The van der Waals surface area contributed by atoms with E-state index in [-0.39, 0.29) is 18.4 Å². The first-order chi connectivity index (χ1) is 12.5. The summed E-state index contributed by atoms with van der Waals surface area (Å²) in [7, 11) is 0. The van der Waals surface area contributed by atoms with Crippen molar-refractivity contribution >= 4 is 23.3 Å². The van der Waals surface area contributed by atoms with Crippen molar-refractivity contribution in [1.29, 1.82) is 0 Å². The molecule has 0 unspecified atom stereocenters. The Labute approximate surface area is 154 Å². The molecule has 26 heavy (non-hydrogen) atoms. The standard InChI is InChI=1S/C21H26N2O3/c1-4-15(3)18-8-6-7-9-19(18)22-14-20(24)23-17-12-10-16(11-13-17)21(25)26-5-2/h6-13,15,22H,4-5,14H2,1-3H3,(H,23,24)/t15-/m0/s1. The molecule has 0 aliphatic carbocycles. The van der Waals surface area contributed by atoms with Gasteiger partial charge in [-0.25, -0.2) is 4.79 Å². The minimum atomic E-state index is -0.367. The van der Waals surface area contributed by atoms with E-state index in [1.807, 2.05) is 18.2 Å². The van der Waals surface area contributed by atoms with Gasteiger partial charge in [0, 0.05) is 11.4 Å². The van der Waals surface area contributed by atoms with Crippen LogP contribution in [0.2, 0.25) is 0 Å². The van der Waals surface area contributed by atoms with E-state index in [9.17, 15) is 9.59 Å². The summed E-state index contributed by atoms with van der Waals surface area (Å²) < 4.78 is 4.94. The zero-order valence-electron chi connectivity index (χ0n) is 15.5. The van der Waals surface area contributed by atoms with E-state index in [1.54, 1.807) is 31.2 Å². The van der Waals surface area contributed by atoms with E-state index < -0.39 is 0 Å². The normalized spacial score (nSPS) is 11.5. The van der Waals surface area contributed by atoms with Gasteiger partial charge in [-0.05, 0) is 55.2 Å². The molecule has 1 amide bonds. The van der Waals surface area contributed by atoms with Crippen LogP contribution in [0.4, 0.5) is 11.4 Å². The van der Waals surface area contributed by atoms with Crippen molar-refractivity contribution < 1.29 is 14.3 Å². The molecule has 5 nitrogen and oxygen atoms in total. The van der Waals surface area contributed by atoms with Crippen LogP contribution >= 0.6 is 0 Å². The Bertz CT molecular complexity index is 741. The number of anilines is 2. The SMILES string of the molecule is CCOC(=O)c1ccc(NC(=O)CNc2ccccc2[C@@H](C)CC)cc1. The maximum atomic E-state index is 12.2. The molecular formula is C21H26N2O3. The molecule has 2 rings (SSSR count). The van der Waals surface area contributed by atoms with Crippen LogP contribution in [0.5, 0.6) is 0 Å². The van der Waals surface area contributed by atoms with Crippen LogP contribution in [0.3, 0.4) is 0 Å². The van der Waals surface area contributed by atoms with E-state index in [0.717, 1.165) is 12.1 Å². The van der Waals surface area contributed by atoms with Gasteiger partial charge in [0.15, 0.2) is 0 Å². The molecule has 2 aromatic carbocycles. The van der Waals surface area contributed by atoms with Crippen molar-refractivity contribution in [2.45, 2.75) is 33.1 Å². The zero-order chi connectivity index (χ0) is 18.9. The number of para-hydroxylation sites is 1. The molecule has 0 aliphatic heterocycles. The number of amides is 1. The maximum Gasteiger partial charge on any atom is 0.338 e. The van der Waals surface area contributed by atoms with Crippen LogP contribution in [0.1, 0.15) is 49.0 Å². The number of nitrogens with one attached hydrogen (secondary N) is 2. The highest BCUT2D eigenvalue weighted by Crippen LogP contribution is 2.26. The highest BCUT2D eigenvalue weighted by atomic mass is 16.5. The molecular weight excluding hydrogens is 328 g/mol. The molecule has 0 bridgehead atoms. The van der Waals surface area contributed by atoms with Gasteiger partial charge in [0.05, 0.1) is 18.7 Å². The monoisotopic (exact) mass is 354 g/mol. The second kappa shape index (κ2) is 9.61. The molecule has 0 aliphatic rings. The smallest absolute Gasteiger partial charge is 0.338 e. The minimum Gasteiger partial charge on any atom is -0.462 e. The fraction of sp³-hybridized carbons (Fsp3) is 0.333. The van der Waals surface area contributed by atoms with Gasteiger partial charge < -0.3 is 15.4 Å². The minimum absolute atomic E-state index is 0.146. The van der Waals surface area contributed by atoms with Crippen LogP contribution in [0, 0.1) is 0 Å². The van der Waals surface area contributed by atoms with Gasteiger partial charge in [0.1, 0.15) is 0 Å². The van der Waals surface area contributed by atoms with Gasteiger partial charge in [-0.2, -0.15) is 0 Å². The average molecular weight is 354 g/mol. The first kappa shape index (κ1) is 19.5. The quantitative estimate of drug-likeness (QED) is 0.688. The Morgan fingerprint density at radius 2 is 1.73 bits per heavy atom. The number of benzene rings is 2. The fourth-order valence-corrected chi connectivity index (χ4v) is 2.59. The van der Waals surface area contributed by atoms with E-state index in [1.165, 1.54) is 5.56 Å². The third-order valence-electron chi connectivity index (χ3n) is 4.22. The molecule has 0 saturated carbocycles. The predicted molar refractivity (Wildman–Crippen MR) is 105 cm³/mol. The molecule has 0 saturated heterocycles. The molecule has 138 valence electrons. The number of carbonyl (C=O) groups excluding carboxylic acids is 2. The summed E-state index contributed by atoms with van der Waals surface area (Å²) in [5, 5.41) is 6.03. The summed E-state index contributed by atoms with van der Waals surface area (Å²) >= 11 is 0. The average Bonchev–Trinajstić information content (AvgIpc) is 2.66. The number of hydrogen-bond acceptors (Lipinski definition) is 4. The number of carbonyl (C=O) groups is 2. The molecule has 1 atom stereocenters. The Kier molecular flexibility index (Phi) is 7.21. The lowest BCUT2D eigenvalue weighted by molar-refractivity contribution is -0.114. The summed E-state index contributed by atoms with van der Waals surface area (Å²) in [6.45, 7) is 6.59. The van der Waals surface area contributed by atoms with E-state index in [2.05, 4.69) is 30.5 Å². The van der Waals surface area contributed by atoms with Gasteiger partial charge in [-0.1, -0.05) is 32.0 Å². The van der Waals surface area contributed by atoms with E-state index >= 15 is 0 Å². The van der Waals surface area contributed by atoms with E-state index in [4.69, 9.17) is 4.74 Å². The first-order valence-corrected chi connectivity index (χ1v) is 8.95. The number of rotatable bonds is 8. The second-order valence-electron chi connectivity index (χ2n) is 6.10.